The molecule has 0 atom stereocenters. The Morgan fingerprint density at radius 1 is 1.37 bits per heavy atom. The molecule has 11 heteroatoms. The van der Waals surface area contributed by atoms with E-state index in [1.54, 1.807) is 11.3 Å². The molecule has 0 amide bonds. The number of hydrogen-bond acceptors (Lipinski definition) is 8. The maximum atomic E-state index is 12.7. The van der Waals surface area contributed by atoms with E-state index in [-0.39, 0.29) is 29.4 Å². The first kappa shape index (κ1) is 19.7. The number of hydrogen-bond donors (Lipinski definition) is 1. The lowest BCUT2D eigenvalue weighted by molar-refractivity contribution is -0.384. The zero-order chi connectivity index (χ0) is 19.4. The van der Waals surface area contributed by atoms with Crippen LogP contribution in [0.1, 0.15) is 10.7 Å². The van der Waals surface area contributed by atoms with Gasteiger partial charge in [-0.05, 0) is 19.1 Å². The average Bonchev–Trinajstić information content (AvgIpc) is 3.07. The largest absolute Gasteiger partial charge is 0.379 e. The van der Waals surface area contributed by atoms with Crippen LogP contribution in [-0.4, -0.2) is 55.5 Å². The van der Waals surface area contributed by atoms with Crippen molar-refractivity contribution < 1.29 is 18.1 Å². The van der Waals surface area contributed by atoms with Gasteiger partial charge in [0.25, 0.3) is 5.69 Å². The van der Waals surface area contributed by atoms with Crippen LogP contribution in [0.5, 0.6) is 0 Å². The van der Waals surface area contributed by atoms with E-state index in [9.17, 15) is 18.5 Å². The minimum Gasteiger partial charge on any atom is -0.379 e. The molecule has 9 nitrogen and oxygen atoms in total. The Kier molecular flexibility index (Phi) is 6.05. The third-order valence-corrected chi connectivity index (χ3v) is 6.85. The first-order valence-electron chi connectivity index (χ1n) is 8.39. The lowest BCUT2D eigenvalue weighted by Gasteiger charge is -2.26. The monoisotopic (exact) mass is 412 g/mol. The molecule has 0 bridgehead atoms. The molecule has 2 aromatic rings. The fraction of sp³-hybridized carbons (Fsp3) is 0.438. The highest BCUT2D eigenvalue weighted by atomic mass is 32.2. The Balaban J connectivity index is 1.76. The van der Waals surface area contributed by atoms with E-state index < -0.39 is 14.9 Å². The van der Waals surface area contributed by atoms with Gasteiger partial charge in [-0.3, -0.25) is 10.1 Å². The summed E-state index contributed by atoms with van der Waals surface area (Å²) < 4.78 is 31.8. The Morgan fingerprint density at radius 3 is 2.74 bits per heavy atom. The topological polar surface area (TPSA) is 115 Å². The van der Waals surface area contributed by atoms with Crippen LogP contribution >= 0.6 is 11.3 Å². The van der Waals surface area contributed by atoms with Crippen LogP contribution in [0.3, 0.4) is 0 Å². The van der Waals surface area contributed by atoms with Crippen LogP contribution < -0.4 is 5.32 Å². The summed E-state index contributed by atoms with van der Waals surface area (Å²) in [6.07, 6.45) is 0.620. The van der Waals surface area contributed by atoms with Crippen molar-refractivity contribution in [1.29, 1.82) is 0 Å². The van der Waals surface area contributed by atoms with Crippen molar-refractivity contribution in [3.05, 3.63) is 44.4 Å². The van der Waals surface area contributed by atoms with E-state index in [0.29, 0.717) is 26.2 Å². The molecule has 1 aromatic carbocycles. The molecule has 1 aromatic heterocycles. The van der Waals surface area contributed by atoms with Gasteiger partial charge in [0, 0.05) is 37.5 Å². The van der Waals surface area contributed by atoms with Crippen LogP contribution in [0.25, 0.3) is 0 Å². The maximum absolute atomic E-state index is 12.7. The third kappa shape index (κ3) is 4.61. The summed E-state index contributed by atoms with van der Waals surface area (Å²) in [5.41, 5.74) is 0.936. The number of thiazole rings is 1. The second-order valence-corrected chi connectivity index (χ2v) is 8.99. The number of aryl methyl sites for hydroxylation is 1. The van der Waals surface area contributed by atoms with E-state index >= 15 is 0 Å². The summed E-state index contributed by atoms with van der Waals surface area (Å²) in [5.74, 6) is 0. The second-order valence-electron chi connectivity index (χ2n) is 5.99. The fourth-order valence-corrected chi connectivity index (χ4v) is 4.83. The van der Waals surface area contributed by atoms with E-state index in [2.05, 4.69) is 10.3 Å². The van der Waals surface area contributed by atoms with Crippen molar-refractivity contribution in [3.8, 4) is 0 Å². The highest BCUT2D eigenvalue weighted by Gasteiger charge is 2.28. The van der Waals surface area contributed by atoms with Crippen molar-refractivity contribution in [2.75, 3.05) is 38.2 Å². The summed E-state index contributed by atoms with van der Waals surface area (Å²) in [5, 5.41) is 17.4. The van der Waals surface area contributed by atoms with E-state index in [1.807, 2.05) is 12.3 Å². The minimum absolute atomic E-state index is 0.0863. The molecular formula is C16H20N4O5S2. The molecule has 0 unspecified atom stereocenters. The second kappa shape index (κ2) is 8.30. The summed E-state index contributed by atoms with van der Waals surface area (Å²) in [4.78, 5) is 15.1. The Labute approximate surface area is 161 Å². The fourth-order valence-electron chi connectivity index (χ4n) is 2.76. The molecule has 1 fully saturated rings. The smallest absolute Gasteiger partial charge is 0.293 e. The number of ether oxygens (including phenoxy) is 1. The van der Waals surface area contributed by atoms with Crippen molar-refractivity contribution in [3.63, 3.8) is 0 Å². The number of nitrogens with zero attached hydrogens (tertiary/aromatic N) is 3. The molecule has 1 N–H and O–H groups in total. The molecule has 146 valence electrons. The van der Waals surface area contributed by atoms with Gasteiger partial charge in [0.1, 0.15) is 5.69 Å². The normalized spacial score (nSPS) is 15.6. The SMILES string of the molecule is Cc1nc(CCNc2ccc(S(=O)(=O)N3CCOCC3)cc2[N+](=O)[O-])cs1. The van der Waals surface area contributed by atoms with Crippen LogP contribution in [0.15, 0.2) is 28.5 Å². The van der Waals surface area contributed by atoms with Gasteiger partial charge >= 0.3 is 0 Å². The molecule has 2 heterocycles. The quantitative estimate of drug-likeness (QED) is 0.546. The molecule has 0 radical (unpaired) electrons. The van der Waals surface area contributed by atoms with Crippen molar-refractivity contribution in [2.45, 2.75) is 18.2 Å². The Morgan fingerprint density at radius 2 is 2.11 bits per heavy atom. The van der Waals surface area contributed by atoms with Gasteiger partial charge in [0.2, 0.25) is 10.0 Å². The standard InChI is InChI=1S/C16H20N4O5S2/c1-12-18-13(11-26-12)4-5-17-15-3-2-14(10-16(15)20(21)22)27(23,24)19-6-8-25-9-7-19/h2-3,10-11,17H,4-9H2,1H3. The van der Waals surface area contributed by atoms with Crippen LogP contribution in [0, 0.1) is 17.0 Å². The lowest BCUT2D eigenvalue weighted by atomic mass is 10.2. The van der Waals surface area contributed by atoms with E-state index in [1.165, 1.54) is 16.4 Å². The number of nitrogens with one attached hydrogen (secondary N) is 1. The van der Waals surface area contributed by atoms with Crippen molar-refractivity contribution in [1.82, 2.24) is 9.29 Å². The average molecular weight is 412 g/mol. The Bertz CT molecular complexity index is 923. The molecular weight excluding hydrogens is 392 g/mol. The molecule has 1 saturated heterocycles. The first-order chi connectivity index (χ1) is 12.9. The van der Waals surface area contributed by atoms with Gasteiger partial charge in [0.15, 0.2) is 0 Å². The highest BCUT2D eigenvalue weighted by Crippen LogP contribution is 2.29. The summed E-state index contributed by atoms with van der Waals surface area (Å²) in [7, 11) is -3.78. The molecule has 0 spiro atoms. The van der Waals surface area contributed by atoms with Gasteiger partial charge in [-0.2, -0.15) is 4.31 Å². The van der Waals surface area contributed by atoms with Crippen LogP contribution in [-0.2, 0) is 21.2 Å². The van der Waals surface area contributed by atoms with Gasteiger partial charge in [0.05, 0.1) is 33.7 Å². The molecule has 0 aliphatic carbocycles. The number of nitro groups is 1. The number of benzene rings is 1. The molecule has 27 heavy (non-hydrogen) atoms. The summed E-state index contributed by atoms with van der Waals surface area (Å²) in [6, 6.07) is 3.95. The van der Waals surface area contributed by atoms with Crippen molar-refractivity contribution >= 4 is 32.7 Å². The van der Waals surface area contributed by atoms with Crippen LogP contribution in [0.4, 0.5) is 11.4 Å². The van der Waals surface area contributed by atoms with Crippen molar-refractivity contribution in [2.24, 2.45) is 0 Å². The lowest BCUT2D eigenvalue weighted by Crippen LogP contribution is -2.40. The number of morpholine rings is 1. The Hall–Kier alpha value is -2.08. The van der Waals surface area contributed by atoms with Gasteiger partial charge in [-0.1, -0.05) is 0 Å². The first-order valence-corrected chi connectivity index (χ1v) is 10.7. The number of rotatable bonds is 7. The predicted octanol–water partition coefficient (Wildman–Crippen LogP) is 2.04. The van der Waals surface area contributed by atoms with Gasteiger partial charge < -0.3 is 10.1 Å². The third-order valence-electron chi connectivity index (χ3n) is 4.14. The van der Waals surface area contributed by atoms with Crippen LogP contribution in [0.2, 0.25) is 0 Å². The molecule has 1 aliphatic heterocycles. The number of nitro benzene ring substituents is 1. The maximum Gasteiger partial charge on any atom is 0.293 e. The highest BCUT2D eigenvalue weighted by molar-refractivity contribution is 7.89. The van der Waals surface area contributed by atoms with E-state index in [0.717, 1.165) is 16.8 Å². The number of sulfonamides is 1. The van der Waals surface area contributed by atoms with Gasteiger partial charge in [-0.25, -0.2) is 13.4 Å². The summed E-state index contributed by atoms with van der Waals surface area (Å²) in [6.45, 7) is 3.49. The zero-order valence-electron chi connectivity index (χ0n) is 14.8. The van der Waals surface area contributed by atoms with E-state index in [4.69, 9.17) is 4.74 Å². The van der Waals surface area contributed by atoms with Gasteiger partial charge in [-0.15, -0.1) is 11.3 Å². The molecule has 0 saturated carbocycles. The minimum atomic E-state index is -3.78. The number of anilines is 1. The summed E-state index contributed by atoms with van der Waals surface area (Å²) >= 11 is 1.55. The number of aromatic nitrogens is 1. The molecule has 3 rings (SSSR count). The predicted molar refractivity (Wildman–Crippen MR) is 102 cm³/mol. The molecule has 1 aliphatic rings. The zero-order valence-corrected chi connectivity index (χ0v) is 16.4.